The van der Waals surface area contributed by atoms with Gasteiger partial charge in [0.1, 0.15) is 0 Å². The van der Waals surface area contributed by atoms with Crippen molar-refractivity contribution in [1.29, 1.82) is 0 Å². The molecule has 1 saturated carbocycles. The van der Waals surface area contributed by atoms with Gasteiger partial charge in [-0.2, -0.15) is 0 Å². The van der Waals surface area contributed by atoms with E-state index in [4.69, 9.17) is 0 Å². The molecular formula is C5H10KNO. The van der Waals surface area contributed by atoms with Crippen LogP contribution in [0.1, 0.15) is 25.7 Å². The van der Waals surface area contributed by atoms with E-state index in [0.29, 0.717) is 6.04 Å². The zero-order valence-corrected chi connectivity index (χ0v) is 8.44. The largest absolute Gasteiger partial charge is 1.00 e. The van der Waals surface area contributed by atoms with E-state index in [1.165, 1.54) is 12.8 Å². The summed E-state index contributed by atoms with van der Waals surface area (Å²) in [5.41, 5.74) is 2.01. The topological polar surface area (TPSA) is 35.1 Å². The minimum absolute atomic E-state index is 0. The summed E-state index contributed by atoms with van der Waals surface area (Å²) in [4.78, 5) is 0. The molecule has 1 aliphatic carbocycles. The van der Waals surface area contributed by atoms with E-state index in [1.54, 1.807) is 0 Å². The fourth-order valence-electron chi connectivity index (χ4n) is 1.04. The maximum atomic E-state index is 9.88. The molecule has 0 aromatic carbocycles. The second-order valence-corrected chi connectivity index (χ2v) is 2.10. The van der Waals surface area contributed by atoms with Gasteiger partial charge in [0.05, 0.1) is 0 Å². The van der Waals surface area contributed by atoms with E-state index >= 15 is 0 Å². The van der Waals surface area contributed by atoms with Gasteiger partial charge in [-0.05, 0) is 18.9 Å². The average Bonchev–Trinajstić information content (AvgIpc) is 2.14. The Morgan fingerprint density at radius 2 is 1.75 bits per heavy atom. The van der Waals surface area contributed by atoms with Gasteiger partial charge in [0.2, 0.25) is 0 Å². The van der Waals surface area contributed by atoms with Gasteiger partial charge >= 0.3 is 51.4 Å². The molecular weight excluding hydrogens is 129 g/mol. The summed E-state index contributed by atoms with van der Waals surface area (Å²) in [7, 11) is 0. The normalized spacial score (nSPS) is 20.6. The van der Waals surface area contributed by atoms with E-state index < -0.39 is 0 Å². The second kappa shape index (κ2) is 5.35. The quantitative estimate of drug-likeness (QED) is 0.337. The fraction of sp³-hybridized carbons (Fsp3) is 1.00. The van der Waals surface area contributed by atoms with Crippen LogP contribution in [0.5, 0.6) is 0 Å². The monoisotopic (exact) mass is 139 g/mol. The SMILES string of the molecule is [K+].[O-]NC1CCCC1. The predicted octanol–water partition coefficient (Wildman–Crippen LogP) is -1.98. The molecule has 2 nitrogen and oxygen atoms in total. The van der Waals surface area contributed by atoms with Crippen LogP contribution in [0.4, 0.5) is 0 Å². The molecule has 0 saturated heterocycles. The van der Waals surface area contributed by atoms with Gasteiger partial charge in [-0.25, -0.2) is 0 Å². The molecule has 1 aliphatic rings. The van der Waals surface area contributed by atoms with Gasteiger partial charge in [-0.3, -0.25) is 0 Å². The van der Waals surface area contributed by atoms with Gasteiger partial charge in [-0.15, -0.1) is 0 Å². The molecule has 1 N–H and O–H groups in total. The Balaban J connectivity index is 0.000000490. The van der Waals surface area contributed by atoms with Gasteiger partial charge in [-0.1, -0.05) is 12.8 Å². The van der Waals surface area contributed by atoms with Gasteiger partial charge in [0.25, 0.3) is 0 Å². The molecule has 1 fully saturated rings. The van der Waals surface area contributed by atoms with Gasteiger partial charge in [0.15, 0.2) is 0 Å². The average molecular weight is 139 g/mol. The summed E-state index contributed by atoms with van der Waals surface area (Å²) >= 11 is 0. The second-order valence-electron chi connectivity index (χ2n) is 2.10. The first-order valence-corrected chi connectivity index (χ1v) is 2.81. The maximum absolute atomic E-state index is 9.88. The first-order valence-electron chi connectivity index (χ1n) is 2.81. The molecule has 0 amide bonds. The molecule has 8 heavy (non-hydrogen) atoms. The molecule has 0 heterocycles. The van der Waals surface area contributed by atoms with Crippen molar-refractivity contribution in [2.24, 2.45) is 0 Å². The van der Waals surface area contributed by atoms with Crippen molar-refractivity contribution in [3.63, 3.8) is 0 Å². The Labute approximate surface area is 92.4 Å². The third-order valence-electron chi connectivity index (χ3n) is 1.52. The van der Waals surface area contributed by atoms with E-state index in [0.717, 1.165) is 12.8 Å². The molecule has 0 radical (unpaired) electrons. The summed E-state index contributed by atoms with van der Waals surface area (Å²) in [6, 6.07) is 0.292. The Bertz CT molecular complexity index is 54.4. The van der Waals surface area contributed by atoms with Crippen LogP contribution in [0.25, 0.3) is 0 Å². The Morgan fingerprint density at radius 1 is 1.25 bits per heavy atom. The number of hydrogen-bond acceptors (Lipinski definition) is 2. The zero-order chi connectivity index (χ0) is 5.11. The van der Waals surface area contributed by atoms with Crippen molar-refractivity contribution in [2.45, 2.75) is 31.7 Å². The minimum Gasteiger partial charge on any atom is -0.788 e. The molecule has 42 valence electrons. The summed E-state index contributed by atoms with van der Waals surface area (Å²) in [5.74, 6) is 0. The minimum atomic E-state index is 0. The van der Waals surface area contributed by atoms with Gasteiger partial charge in [0, 0.05) is 0 Å². The van der Waals surface area contributed by atoms with Crippen molar-refractivity contribution in [3.8, 4) is 0 Å². The number of hydroxylamine groups is 1. The van der Waals surface area contributed by atoms with E-state index in [-0.39, 0.29) is 51.4 Å². The van der Waals surface area contributed by atoms with Crippen LogP contribution in [0.2, 0.25) is 0 Å². The molecule has 0 bridgehead atoms. The van der Waals surface area contributed by atoms with Crippen molar-refractivity contribution in [3.05, 3.63) is 5.21 Å². The van der Waals surface area contributed by atoms with E-state index in [2.05, 4.69) is 0 Å². The standard InChI is InChI=1S/C5H10NO.K/c7-6-5-3-1-2-4-5;/h5-6H,1-4H2;/q-1;+1. The Hall–Kier alpha value is 1.56. The van der Waals surface area contributed by atoms with Crippen LogP contribution in [0.15, 0.2) is 0 Å². The van der Waals surface area contributed by atoms with Crippen LogP contribution < -0.4 is 56.9 Å². The molecule has 3 heteroatoms. The summed E-state index contributed by atoms with van der Waals surface area (Å²) in [6.07, 6.45) is 4.65. The third kappa shape index (κ3) is 2.91. The van der Waals surface area contributed by atoms with E-state index in [1.807, 2.05) is 5.48 Å². The maximum Gasteiger partial charge on any atom is 1.00 e. The van der Waals surface area contributed by atoms with Crippen LogP contribution >= 0.6 is 0 Å². The van der Waals surface area contributed by atoms with Crippen molar-refractivity contribution < 1.29 is 51.4 Å². The van der Waals surface area contributed by atoms with Crippen molar-refractivity contribution >= 4 is 0 Å². The smallest absolute Gasteiger partial charge is 0.788 e. The van der Waals surface area contributed by atoms with Crippen molar-refractivity contribution in [1.82, 2.24) is 5.48 Å². The molecule has 0 aromatic heterocycles. The molecule has 0 spiro atoms. The predicted molar refractivity (Wildman–Crippen MR) is 28.8 cm³/mol. The molecule has 1 rings (SSSR count). The third-order valence-corrected chi connectivity index (χ3v) is 1.52. The molecule has 0 aromatic rings. The van der Waals surface area contributed by atoms with Crippen LogP contribution in [0, 0.1) is 5.21 Å². The first-order chi connectivity index (χ1) is 3.43. The molecule has 0 aliphatic heterocycles. The molecule has 0 unspecified atom stereocenters. The van der Waals surface area contributed by atoms with Crippen LogP contribution in [-0.2, 0) is 0 Å². The Kier molecular flexibility index (Phi) is 6.39. The fourth-order valence-corrected chi connectivity index (χ4v) is 1.04. The molecule has 0 atom stereocenters. The van der Waals surface area contributed by atoms with Crippen LogP contribution in [0.3, 0.4) is 0 Å². The zero-order valence-electron chi connectivity index (χ0n) is 5.31. The van der Waals surface area contributed by atoms with Crippen LogP contribution in [-0.4, -0.2) is 6.04 Å². The van der Waals surface area contributed by atoms with Crippen molar-refractivity contribution in [2.75, 3.05) is 0 Å². The number of rotatable bonds is 1. The Morgan fingerprint density at radius 3 is 2.00 bits per heavy atom. The van der Waals surface area contributed by atoms with E-state index in [9.17, 15) is 5.21 Å². The number of hydrogen-bond donors (Lipinski definition) is 1. The summed E-state index contributed by atoms with van der Waals surface area (Å²) in [6.45, 7) is 0. The van der Waals surface area contributed by atoms with Gasteiger partial charge < -0.3 is 10.7 Å². The summed E-state index contributed by atoms with van der Waals surface area (Å²) < 4.78 is 0. The first kappa shape index (κ1) is 9.56. The summed E-state index contributed by atoms with van der Waals surface area (Å²) in [5, 5.41) is 9.88. The number of nitrogens with one attached hydrogen (secondary N) is 1.